The molecule has 0 atom stereocenters. The van der Waals surface area contributed by atoms with Crippen LogP contribution in [0, 0.1) is 28.8 Å². The standard InChI is InChI=1S/C13H5F3N4O/c14-8-2-7(3-9(15)11(8)16)12-19-13(21-20-12)10-1-6(4-17)5-18-10/h1-3,5,18H. The molecule has 1 aromatic carbocycles. The molecule has 2 heterocycles. The Labute approximate surface area is 115 Å². The fourth-order valence-electron chi connectivity index (χ4n) is 1.72. The van der Waals surface area contributed by atoms with Gasteiger partial charge in [0, 0.05) is 11.8 Å². The van der Waals surface area contributed by atoms with Crippen molar-refractivity contribution < 1.29 is 17.7 Å². The third-order valence-electron chi connectivity index (χ3n) is 2.71. The zero-order valence-electron chi connectivity index (χ0n) is 10.2. The summed E-state index contributed by atoms with van der Waals surface area (Å²) in [5, 5.41) is 12.3. The summed E-state index contributed by atoms with van der Waals surface area (Å²) >= 11 is 0. The minimum atomic E-state index is -1.56. The molecule has 0 aliphatic carbocycles. The zero-order chi connectivity index (χ0) is 15.0. The number of hydrogen-bond donors (Lipinski definition) is 1. The molecule has 0 spiro atoms. The molecule has 3 rings (SSSR count). The Kier molecular flexibility index (Phi) is 2.95. The Bertz CT molecular complexity index is 839. The molecule has 0 aliphatic heterocycles. The first-order valence-corrected chi connectivity index (χ1v) is 5.66. The fourth-order valence-corrected chi connectivity index (χ4v) is 1.72. The Morgan fingerprint density at radius 3 is 2.48 bits per heavy atom. The molecular weight excluding hydrogens is 285 g/mol. The number of rotatable bonds is 2. The monoisotopic (exact) mass is 290 g/mol. The quantitative estimate of drug-likeness (QED) is 0.736. The van der Waals surface area contributed by atoms with Gasteiger partial charge in [-0.2, -0.15) is 10.2 Å². The van der Waals surface area contributed by atoms with E-state index in [0.29, 0.717) is 11.3 Å². The Balaban J connectivity index is 2.00. The van der Waals surface area contributed by atoms with Crippen LogP contribution in [0.25, 0.3) is 23.0 Å². The molecule has 0 unspecified atom stereocenters. The molecule has 21 heavy (non-hydrogen) atoms. The van der Waals surface area contributed by atoms with Crippen LogP contribution in [0.1, 0.15) is 5.56 Å². The van der Waals surface area contributed by atoms with E-state index in [4.69, 9.17) is 9.78 Å². The van der Waals surface area contributed by atoms with Crippen LogP contribution in [0.15, 0.2) is 28.9 Å². The highest BCUT2D eigenvalue weighted by Crippen LogP contribution is 2.24. The molecule has 8 heteroatoms. The molecule has 0 aliphatic rings. The van der Waals surface area contributed by atoms with Crippen molar-refractivity contribution in [3.63, 3.8) is 0 Å². The van der Waals surface area contributed by atoms with Crippen molar-refractivity contribution in [3.05, 3.63) is 47.4 Å². The minimum Gasteiger partial charge on any atom is -0.356 e. The van der Waals surface area contributed by atoms with Crippen molar-refractivity contribution in [2.24, 2.45) is 0 Å². The van der Waals surface area contributed by atoms with Gasteiger partial charge in [-0.3, -0.25) is 0 Å². The van der Waals surface area contributed by atoms with E-state index >= 15 is 0 Å². The normalized spacial score (nSPS) is 10.6. The highest BCUT2D eigenvalue weighted by Gasteiger charge is 2.16. The predicted octanol–water partition coefficient (Wildman–Crippen LogP) is 3.02. The minimum absolute atomic E-state index is 0.0386. The Morgan fingerprint density at radius 2 is 1.86 bits per heavy atom. The van der Waals surface area contributed by atoms with Gasteiger partial charge in [0.25, 0.3) is 5.89 Å². The van der Waals surface area contributed by atoms with Gasteiger partial charge in [0.2, 0.25) is 5.82 Å². The van der Waals surface area contributed by atoms with Gasteiger partial charge in [0.1, 0.15) is 11.8 Å². The number of nitriles is 1. The largest absolute Gasteiger partial charge is 0.356 e. The van der Waals surface area contributed by atoms with Crippen molar-refractivity contribution in [3.8, 4) is 29.0 Å². The van der Waals surface area contributed by atoms with E-state index in [1.54, 1.807) is 0 Å². The first-order valence-electron chi connectivity index (χ1n) is 5.66. The number of aromatic amines is 1. The number of aromatic nitrogens is 3. The van der Waals surface area contributed by atoms with Crippen LogP contribution < -0.4 is 0 Å². The second-order valence-electron chi connectivity index (χ2n) is 4.09. The summed E-state index contributed by atoms with van der Waals surface area (Å²) in [5.41, 5.74) is 0.686. The average molecular weight is 290 g/mol. The van der Waals surface area contributed by atoms with Crippen LogP contribution in [-0.4, -0.2) is 15.1 Å². The second-order valence-corrected chi connectivity index (χ2v) is 4.09. The summed E-state index contributed by atoms with van der Waals surface area (Å²) in [7, 11) is 0. The maximum absolute atomic E-state index is 13.2. The molecule has 0 radical (unpaired) electrons. The number of hydrogen-bond acceptors (Lipinski definition) is 4. The number of halogens is 3. The molecule has 0 fully saturated rings. The molecule has 0 amide bonds. The predicted molar refractivity (Wildman–Crippen MR) is 64.1 cm³/mol. The molecule has 3 aromatic rings. The van der Waals surface area contributed by atoms with E-state index in [2.05, 4.69) is 15.1 Å². The summed E-state index contributed by atoms with van der Waals surface area (Å²) in [6.07, 6.45) is 1.44. The molecule has 2 aromatic heterocycles. The van der Waals surface area contributed by atoms with E-state index in [1.807, 2.05) is 6.07 Å². The number of nitrogens with one attached hydrogen (secondary N) is 1. The Morgan fingerprint density at radius 1 is 1.14 bits per heavy atom. The maximum atomic E-state index is 13.2. The van der Waals surface area contributed by atoms with Crippen molar-refractivity contribution in [1.82, 2.24) is 15.1 Å². The van der Waals surface area contributed by atoms with Crippen LogP contribution in [0.3, 0.4) is 0 Å². The number of benzene rings is 1. The van der Waals surface area contributed by atoms with Crippen LogP contribution in [0.4, 0.5) is 13.2 Å². The lowest BCUT2D eigenvalue weighted by molar-refractivity contribution is 0.430. The summed E-state index contributed by atoms with van der Waals surface area (Å²) in [6, 6.07) is 4.92. The van der Waals surface area contributed by atoms with Gasteiger partial charge >= 0.3 is 0 Å². The van der Waals surface area contributed by atoms with E-state index in [0.717, 1.165) is 12.1 Å². The summed E-state index contributed by atoms with van der Waals surface area (Å²) in [4.78, 5) is 6.68. The summed E-state index contributed by atoms with van der Waals surface area (Å²) in [5.74, 6) is -4.32. The Hall–Kier alpha value is -3.08. The maximum Gasteiger partial charge on any atom is 0.274 e. The molecular formula is C13H5F3N4O. The molecule has 0 saturated heterocycles. The molecule has 0 saturated carbocycles. The number of nitrogens with zero attached hydrogens (tertiary/aromatic N) is 3. The van der Waals surface area contributed by atoms with Crippen molar-refractivity contribution in [2.75, 3.05) is 0 Å². The lowest BCUT2D eigenvalue weighted by Gasteiger charge is -1.97. The highest BCUT2D eigenvalue weighted by atomic mass is 19.2. The smallest absolute Gasteiger partial charge is 0.274 e. The first kappa shape index (κ1) is 12.9. The van der Waals surface area contributed by atoms with Crippen LogP contribution in [0.5, 0.6) is 0 Å². The van der Waals surface area contributed by atoms with Crippen LogP contribution in [0.2, 0.25) is 0 Å². The van der Waals surface area contributed by atoms with E-state index in [-0.39, 0.29) is 17.3 Å². The van der Waals surface area contributed by atoms with Crippen molar-refractivity contribution in [2.45, 2.75) is 0 Å². The third-order valence-corrected chi connectivity index (χ3v) is 2.71. The van der Waals surface area contributed by atoms with Gasteiger partial charge in [0.15, 0.2) is 17.5 Å². The van der Waals surface area contributed by atoms with E-state index < -0.39 is 17.5 Å². The average Bonchev–Trinajstić information content (AvgIpc) is 3.12. The number of H-pyrrole nitrogens is 1. The molecule has 0 bridgehead atoms. The third kappa shape index (κ3) is 2.25. The second kappa shape index (κ2) is 4.79. The van der Waals surface area contributed by atoms with Crippen LogP contribution in [-0.2, 0) is 0 Å². The fraction of sp³-hybridized carbons (Fsp3) is 0. The lowest BCUT2D eigenvalue weighted by atomic mass is 10.2. The molecule has 1 N–H and O–H groups in total. The topological polar surface area (TPSA) is 78.5 Å². The van der Waals surface area contributed by atoms with Gasteiger partial charge < -0.3 is 9.51 Å². The van der Waals surface area contributed by atoms with Gasteiger partial charge in [-0.05, 0) is 18.2 Å². The zero-order valence-corrected chi connectivity index (χ0v) is 10.2. The van der Waals surface area contributed by atoms with E-state index in [1.165, 1.54) is 12.3 Å². The summed E-state index contributed by atoms with van der Waals surface area (Å²) < 4.78 is 44.1. The SMILES string of the molecule is N#Cc1c[nH]c(-c2nc(-c3cc(F)c(F)c(F)c3)no2)c1. The van der Waals surface area contributed by atoms with Gasteiger partial charge in [-0.1, -0.05) is 5.16 Å². The molecule has 5 nitrogen and oxygen atoms in total. The van der Waals surface area contributed by atoms with Gasteiger partial charge in [0.05, 0.1) is 5.56 Å². The highest BCUT2D eigenvalue weighted by molar-refractivity contribution is 5.59. The van der Waals surface area contributed by atoms with Crippen molar-refractivity contribution in [1.29, 1.82) is 5.26 Å². The van der Waals surface area contributed by atoms with Gasteiger partial charge in [-0.25, -0.2) is 13.2 Å². The molecule has 104 valence electrons. The lowest BCUT2D eigenvalue weighted by Crippen LogP contribution is -1.92. The van der Waals surface area contributed by atoms with Crippen molar-refractivity contribution >= 4 is 0 Å². The van der Waals surface area contributed by atoms with E-state index in [9.17, 15) is 13.2 Å². The van der Waals surface area contributed by atoms with Crippen LogP contribution >= 0.6 is 0 Å². The summed E-state index contributed by atoms with van der Waals surface area (Å²) in [6.45, 7) is 0. The van der Waals surface area contributed by atoms with Gasteiger partial charge in [-0.15, -0.1) is 0 Å². The first-order chi connectivity index (χ1) is 10.1.